The van der Waals surface area contributed by atoms with Crippen LogP contribution in [0, 0.1) is 5.41 Å². The van der Waals surface area contributed by atoms with Crippen molar-refractivity contribution in [1.29, 1.82) is 0 Å². The molecule has 5 nitrogen and oxygen atoms in total. The number of hydrogen-bond acceptors (Lipinski definition) is 3. The molecule has 1 saturated carbocycles. The quantitative estimate of drug-likeness (QED) is 0.790. The molecule has 0 atom stereocenters. The Morgan fingerprint density at radius 3 is 2.48 bits per heavy atom. The molecule has 3 fully saturated rings. The minimum absolute atomic E-state index is 0.0725. The summed E-state index contributed by atoms with van der Waals surface area (Å²) in [5.41, 5.74) is 0.163. The smallest absolute Gasteiger partial charge is 0.242 e. The SMILES string of the molecule is O=C(CN1CC2(CCCC2)CC1=O)N1CCC(Oc2ccc(Cl)cc2)CC1. The summed E-state index contributed by atoms with van der Waals surface area (Å²) in [6.07, 6.45) is 7.08. The molecule has 0 N–H and O–H groups in total. The van der Waals surface area contributed by atoms with Crippen LogP contribution in [0.4, 0.5) is 0 Å². The number of amides is 2. The normalized spacial score (nSPS) is 22.6. The van der Waals surface area contributed by atoms with Gasteiger partial charge in [0.1, 0.15) is 11.9 Å². The van der Waals surface area contributed by atoms with E-state index in [1.807, 2.05) is 29.2 Å². The van der Waals surface area contributed by atoms with Crippen LogP contribution in [0.1, 0.15) is 44.9 Å². The first-order chi connectivity index (χ1) is 13.0. The zero-order chi connectivity index (χ0) is 18.9. The van der Waals surface area contributed by atoms with Crippen molar-refractivity contribution in [3.05, 3.63) is 29.3 Å². The van der Waals surface area contributed by atoms with Gasteiger partial charge in [-0.05, 0) is 42.5 Å². The molecule has 1 aromatic carbocycles. The molecule has 0 bridgehead atoms. The largest absolute Gasteiger partial charge is 0.490 e. The van der Waals surface area contributed by atoms with Gasteiger partial charge in [-0.15, -0.1) is 0 Å². The number of halogens is 1. The van der Waals surface area contributed by atoms with Gasteiger partial charge >= 0.3 is 0 Å². The van der Waals surface area contributed by atoms with Crippen LogP contribution in [0.3, 0.4) is 0 Å². The van der Waals surface area contributed by atoms with E-state index in [-0.39, 0.29) is 29.9 Å². The van der Waals surface area contributed by atoms with Gasteiger partial charge in [0.25, 0.3) is 0 Å². The van der Waals surface area contributed by atoms with Crippen molar-refractivity contribution >= 4 is 23.4 Å². The van der Waals surface area contributed by atoms with E-state index in [1.54, 1.807) is 4.90 Å². The lowest BCUT2D eigenvalue weighted by Crippen LogP contribution is -2.46. The fraction of sp³-hybridized carbons (Fsp3) is 0.619. The lowest BCUT2D eigenvalue weighted by atomic mass is 9.85. The third-order valence-corrected chi connectivity index (χ3v) is 6.56. The molecular weight excluding hydrogens is 364 g/mol. The summed E-state index contributed by atoms with van der Waals surface area (Å²) in [7, 11) is 0. The van der Waals surface area contributed by atoms with Crippen molar-refractivity contribution < 1.29 is 14.3 Å². The Morgan fingerprint density at radius 2 is 1.81 bits per heavy atom. The van der Waals surface area contributed by atoms with Crippen LogP contribution in [0.25, 0.3) is 0 Å². The third-order valence-electron chi connectivity index (χ3n) is 6.31. The van der Waals surface area contributed by atoms with Crippen LogP contribution in [0.15, 0.2) is 24.3 Å². The van der Waals surface area contributed by atoms with E-state index in [9.17, 15) is 9.59 Å². The van der Waals surface area contributed by atoms with Gasteiger partial charge in [-0.25, -0.2) is 0 Å². The number of ether oxygens (including phenoxy) is 1. The fourth-order valence-corrected chi connectivity index (χ4v) is 4.90. The minimum Gasteiger partial charge on any atom is -0.490 e. The zero-order valence-corrected chi connectivity index (χ0v) is 16.4. The molecule has 0 aromatic heterocycles. The van der Waals surface area contributed by atoms with E-state index in [4.69, 9.17) is 16.3 Å². The maximum atomic E-state index is 12.7. The van der Waals surface area contributed by atoms with Crippen molar-refractivity contribution in [2.45, 2.75) is 51.0 Å². The Kier molecular flexibility index (Phi) is 5.31. The monoisotopic (exact) mass is 390 g/mol. The second-order valence-electron chi connectivity index (χ2n) is 8.29. The van der Waals surface area contributed by atoms with Gasteiger partial charge in [0.15, 0.2) is 0 Å². The summed E-state index contributed by atoms with van der Waals surface area (Å²) in [6.45, 7) is 2.38. The molecule has 1 spiro atoms. The van der Waals surface area contributed by atoms with Gasteiger partial charge in [-0.1, -0.05) is 24.4 Å². The maximum absolute atomic E-state index is 12.7. The molecular formula is C21H27ClN2O3. The molecule has 2 heterocycles. The highest BCUT2D eigenvalue weighted by molar-refractivity contribution is 6.30. The third kappa shape index (κ3) is 4.23. The zero-order valence-electron chi connectivity index (χ0n) is 15.7. The number of piperidine rings is 1. The Hall–Kier alpha value is -1.75. The van der Waals surface area contributed by atoms with E-state index in [0.717, 1.165) is 38.0 Å². The van der Waals surface area contributed by atoms with Crippen LogP contribution < -0.4 is 4.74 Å². The standard InChI is InChI=1S/C21H27ClN2O3/c22-16-3-5-17(6-4-16)27-18-7-11-23(12-8-18)20(26)14-24-15-21(13-19(24)25)9-1-2-10-21/h3-6,18H,1-2,7-15H2. The average molecular weight is 391 g/mol. The summed E-state index contributed by atoms with van der Waals surface area (Å²) in [6, 6.07) is 7.38. The summed E-state index contributed by atoms with van der Waals surface area (Å²) in [5, 5.41) is 0.693. The van der Waals surface area contributed by atoms with Gasteiger partial charge in [0.2, 0.25) is 11.8 Å². The van der Waals surface area contributed by atoms with E-state index < -0.39 is 0 Å². The lowest BCUT2D eigenvalue weighted by molar-refractivity contribution is -0.139. The number of carbonyl (C=O) groups is 2. The van der Waals surface area contributed by atoms with Crippen LogP contribution >= 0.6 is 11.6 Å². The lowest BCUT2D eigenvalue weighted by Gasteiger charge is -2.33. The Balaban J connectivity index is 1.25. The number of carbonyl (C=O) groups excluding carboxylic acids is 2. The van der Waals surface area contributed by atoms with Gasteiger partial charge in [0, 0.05) is 43.9 Å². The molecule has 4 rings (SSSR count). The number of nitrogens with zero attached hydrogens (tertiary/aromatic N) is 2. The predicted molar refractivity (Wildman–Crippen MR) is 104 cm³/mol. The fourth-order valence-electron chi connectivity index (χ4n) is 4.78. The molecule has 0 radical (unpaired) electrons. The molecule has 1 aliphatic carbocycles. The highest BCUT2D eigenvalue weighted by Gasteiger charge is 2.45. The van der Waals surface area contributed by atoms with Gasteiger partial charge in [-0.2, -0.15) is 0 Å². The Bertz CT molecular complexity index is 692. The van der Waals surface area contributed by atoms with E-state index >= 15 is 0 Å². The van der Waals surface area contributed by atoms with Crippen molar-refractivity contribution in [2.24, 2.45) is 5.41 Å². The second-order valence-corrected chi connectivity index (χ2v) is 8.72. The summed E-state index contributed by atoms with van der Waals surface area (Å²) >= 11 is 5.90. The number of hydrogen-bond donors (Lipinski definition) is 0. The number of rotatable bonds is 4. The molecule has 0 unspecified atom stereocenters. The first kappa shape index (κ1) is 18.6. The molecule has 2 amide bonds. The molecule has 2 saturated heterocycles. The molecule has 6 heteroatoms. The first-order valence-electron chi connectivity index (χ1n) is 10.0. The van der Waals surface area contributed by atoms with Crippen LogP contribution in [-0.4, -0.2) is 53.9 Å². The minimum atomic E-state index is 0.0725. The number of benzene rings is 1. The molecule has 1 aromatic rings. The second kappa shape index (κ2) is 7.70. The molecule has 2 aliphatic heterocycles. The molecule has 146 valence electrons. The van der Waals surface area contributed by atoms with Crippen LogP contribution in [0.2, 0.25) is 5.02 Å². The van der Waals surface area contributed by atoms with Crippen molar-refractivity contribution in [3.63, 3.8) is 0 Å². The predicted octanol–water partition coefficient (Wildman–Crippen LogP) is 3.50. The van der Waals surface area contributed by atoms with E-state index in [2.05, 4.69) is 0 Å². The Labute approximate surface area is 165 Å². The van der Waals surface area contributed by atoms with Gasteiger partial charge in [-0.3, -0.25) is 9.59 Å². The molecule has 3 aliphatic rings. The van der Waals surface area contributed by atoms with E-state index in [1.165, 1.54) is 12.8 Å². The highest BCUT2D eigenvalue weighted by atomic mass is 35.5. The van der Waals surface area contributed by atoms with Crippen molar-refractivity contribution in [1.82, 2.24) is 9.80 Å². The van der Waals surface area contributed by atoms with Crippen LogP contribution in [0.5, 0.6) is 5.75 Å². The van der Waals surface area contributed by atoms with Gasteiger partial charge < -0.3 is 14.5 Å². The van der Waals surface area contributed by atoms with Crippen molar-refractivity contribution in [2.75, 3.05) is 26.2 Å². The van der Waals surface area contributed by atoms with Crippen LogP contribution in [-0.2, 0) is 9.59 Å². The van der Waals surface area contributed by atoms with E-state index in [0.29, 0.717) is 24.5 Å². The average Bonchev–Trinajstić information content (AvgIpc) is 3.24. The van der Waals surface area contributed by atoms with Crippen molar-refractivity contribution in [3.8, 4) is 5.75 Å². The topological polar surface area (TPSA) is 49.9 Å². The Morgan fingerprint density at radius 1 is 1.15 bits per heavy atom. The summed E-state index contributed by atoms with van der Waals surface area (Å²) < 4.78 is 5.99. The van der Waals surface area contributed by atoms with Gasteiger partial charge in [0.05, 0.1) is 6.54 Å². The summed E-state index contributed by atoms with van der Waals surface area (Å²) in [5.74, 6) is 1.04. The number of likely N-dealkylation sites (tertiary alicyclic amines) is 2. The highest BCUT2D eigenvalue weighted by Crippen LogP contribution is 2.45. The molecule has 27 heavy (non-hydrogen) atoms. The maximum Gasteiger partial charge on any atom is 0.242 e. The first-order valence-corrected chi connectivity index (χ1v) is 10.4. The summed E-state index contributed by atoms with van der Waals surface area (Å²) in [4.78, 5) is 28.7.